The van der Waals surface area contributed by atoms with Crippen LogP contribution in [0.25, 0.3) is 0 Å². The molecule has 2 rings (SSSR count). The molecule has 1 unspecified atom stereocenters. The van der Waals surface area contributed by atoms with Crippen LogP contribution in [-0.4, -0.2) is 6.04 Å². The number of rotatable bonds is 3. The Morgan fingerprint density at radius 3 is 2.60 bits per heavy atom. The van der Waals surface area contributed by atoms with Gasteiger partial charge in [0.2, 0.25) is 0 Å². The summed E-state index contributed by atoms with van der Waals surface area (Å²) in [6.07, 6.45) is 5.50. The second-order valence-corrected chi connectivity index (χ2v) is 4.86. The van der Waals surface area contributed by atoms with Gasteiger partial charge < -0.3 is 5.32 Å². The van der Waals surface area contributed by atoms with Crippen LogP contribution in [0, 0.1) is 5.92 Å². The van der Waals surface area contributed by atoms with Crippen LogP contribution in [0.15, 0.2) is 24.3 Å². The first kappa shape index (κ1) is 10.8. The highest BCUT2D eigenvalue weighted by molar-refractivity contribution is 6.33. The van der Waals surface area contributed by atoms with Gasteiger partial charge in [0.25, 0.3) is 0 Å². The molecule has 0 bridgehead atoms. The molecule has 0 aliphatic heterocycles. The lowest BCUT2D eigenvalue weighted by Gasteiger charge is -2.22. The molecular weight excluding hydrogens is 206 g/mol. The third-order valence-electron chi connectivity index (χ3n) is 3.36. The number of halogens is 1. The average Bonchev–Trinajstić information content (AvgIpc) is 2.74. The zero-order chi connectivity index (χ0) is 10.7. The van der Waals surface area contributed by atoms with E-state index in [-0.39, 0.29) is 0 Å². The summed E-state index contributed by atoms with van der Waals surface area (Å²) in [5.41, 5.74) is 1.07. The molecule has 1 aromatic carbocycles. The normalized spacial score (nSPS) is 19.1. The minimum absolute atomic E-state index is 0.535. The van der Waals surface area contributed by atoms with E-state index >= 15 is 0 Å². The molecule has 0 radical (unpaired) electrons. The molecule has 1 aliphatic rings. The Labute approximate surface area is 96.8 Å². The van der Waals surface area contributed by atoms with Crippen molar-refractivity contribution in [2.45, 2.75) is 38.6 Å². The first-order valence-corrected chi connectivity index (χ1v) is 6.16. The first-order chi connectivity index (χ1) is 7.27. The van der Waals surface area contributed by atoms with Crippen molar-refractivity contribution >= 4 is 17.3 Å². The number of hydrogen-bond acceptors (Lipinski definition) is 1. The number of benzene rings is 1. The zero-order valence-electron chi connectivity index (χ0n) is 9.17. The van der Waals surface area contributed by atoms with Crippen molar-refractivity contribution in [2.75, 3.05) is 5.32 Å². The molecule has 1 nitrogen and oxygen atoms in total. The van der Waals surface area contributed by atoms with Gasteiger partial charge in [-0.3, -0.25) is 0 Å². The maximum atomic E-state index is 6.11. The maximum Gasteiger partial charge on any atom is 0.0637 e. The SMILES string of the molecule is CC(Nc1ccccc1Cl)C1CCCC1. The summed E-state index contributed by atoms with van der Waals surface area (Å²) in [5.74, 6) is 0.821. The number of para-hydroxylation sites is 1. The predicted molar refractivity (Wildman–Crippen MR) is 66.5 cm³/mol. The van der Waals surface area contributed by atoms with E-state index in [9.17, 15) is 0 Å². The molecule has 1 fully saturated rings. The molecule has 15 heavy (non-hydrogen) atoms. The summed E-state index contributed by atoms with van der Waals surface area (Å²) in [5, 5.41) is 4.34. The zero-order valence-corrected chi connectivity index (χ0v) is 9.93. The van der Waals surface area contributed by atoms with Crippen molar-refractivity contribution in [1.29, 1.82) is 0 Å². The second kappa shape index (κ2) is 4.89. The van der Waals surface area contributed by atoms with Crippen LogP contribution in [0.2, 0.25) is 5.02 Å². The summed E-state index contributed by atoms with van der Waals surface area (Å²) in [7, 11) is 0. The summed E-state index contributed by atoms with van der Waals surface area (Å²) in [6.45, 7) is 2.26. The minimum atomic E-state index is 0.535. The Hall–Kier alpha value is -0.690. The van der Waals surface area contributed by atoms with E-state index in [0.29, 0.717) is 6.04 Å². The molecule has 1 N–H and O–H groups in total. The Kier molecular flexibility index (Phi) is 3.53. The highest BCUT2D eigenvalue weighted by Gasteiger charge is 2.21. The van der Waals surface area contributed by atoms with Crippen molar-refractivity contribution < 1.29 is 0 Å². The standard InChI is InChI=1S/C13H18ClN/c1-10(11-6-2-3-7-11)15-13-9-5-4-8-12(13)14/h4-5,8-11,15H,2-3,6-7H2,1H3. The van der Waals surface area contributed by atoms with E-state index in [1.54, 1.807) is 0 Å². The number of hydrogen-bond donors (Lipinski definition) is 1. The van der Waals surface area contributed by atoms with Gasteiger partial charge in [0.05, 0.1) is 10.7 Å². The van der Waals surface area contributed by atoms with Crippen molar-refractivity contribution in [2.24, 2.45) is 5.92 Å². The van der Waals surface area contributed by atoms with Crippen LogP contribution in [0.5, 0.6) is 0 Å². The fourth-order valence-corrected chi connectivity index (χ4v) is 2.59. The molecule has 0 amide bonds. The van der Waals surface area contributed by atoms with Crippen molar-refractivity contribution in [3.05, 3.63) is 29.3 Å². The lowest BCUT2D eigenvalue weighted by molar-refractivity contribution is 0.482. The van der Waals surface area contributed by atoms with Gasteiger partial charge in [0, 0.05) is 6.04 Å². The number of nitrogens with one attached hydrogen (secondary N) is 1. The smallest absolute Gasteiger partial charge is 0.0637 e. The largest absolute Gasteiger partial charge is 0.381 e. The summed E-state index contributed by atoms with van der Waals surface area (Å²) < 4.78 is 0. The van der Waals surface area contributed by atoms with Crippen molar-refractivity contribution in [3.63, 3.8) is 0 Å². The van der Waals surface area contributed by atoms with Crippen molar-refractivity contribution in [1.82, 2.24) is 0 Å². The van der Waals surface area contributed by atoms with Gasteiger partial charge >= 0.3 is 0 Å². The molecule has 0 heterocycles. The molecule has 1 aromatic rings. The fourth-order valence-electron chi connectivity index (χ4n) is 2.40. The highest BCUT2D eigenvalue weighted by atomic mass is 35.5. The minimum Gasteiger partial charge on any atom is -0.381 e. The van der Waals surface area contributed by atoms with Crippen LogP contribution < -0.4 is 5.32 Å². The Balaban J connectivity index is 1.99. The molecule has 1 aliphatic carbocycles. The topological polar surface area (TPSA) is 12.0 Å². The van der Waals surface area contributed by atoms with Crippen LogP contribution >= 0.6 is 11.6 Å². The quantitative estimate of drug-likeness (QED) is 0.804. The van der Waals surface area contributed by atoms with Gasteiger partial charge in [-0.25, -0.2) is 0 Å². The monoisotopic (exact) mass is 223 g/mol. The molecule has 1 saturated carbocycles. The third kappa shape index (κ3) is 2.66. The van der Waals surface area contributed by atoms with Crippen LogP contribution in [0.4, 0.5) is 5.69 Å². The molecule has 0 saturated heterocycles. The number of anilines is 1. The molecule has 0 spiro atoms. The molecule has 0 aromatic heterocycles. The van der Waals surface area contributed by atoms with Crippen LogP contribution in [-0.2, 0) is 0 Å². The molecule has 1 atom stereocenters. The molecule has 82 valence electrons. The maximum absolute atomic E-state index is 6.11. The van der Waals surface area contributed by atoms with Gasteiger partial charge in [-0.2, -0.15) is 0 Å². The van der Waals surface area contributed by atoms with Gasteiger partial charge in [-0.15, -0.1) is 0 Å². The predicted octanol–water partition coefficient (Wildman–Crippen LogP) is 4.33. The summed E-state index contributed by atoms with van der Waals surface area (Å²) in [4.78, 5) is 0. The lowest BCUT2D eigenvalue weighted by Crippen LogP contribution is -2.23. The fraction of sp³-hybridized carbons (Fsp3) is 0.538. The molecule has 2 heteroatoms. The van der Waals surface area contributed by atoms with Crippen molar-refractivity contribution in [3.8, 4) is 0 Å². The van der Waals surface area contributed by atoms with E-state index in [4.69, 9.17) is 11.6 Å². The van der Waals surface area contributed by atoms with E-state index in [2.05, 4.69) is 12.2 Å². The molecular formula is C13H18ClN. The Morgan fingerprint density at radius 1 is 1.27 bits per heavy atom. The summed E-state index contributed by atoms with van der Waals surface area (Å²) >= 11 is 6.11. The Morgan fingerprint density at radius 2 is 1.93 bits per heavy atom. The van der Waals surface area contributed by atoms with Gasteiger partial charge in [0.15, 0.2) is 0 Å². The van der Waals surface area contributed by atoms with E-state index in [0.717, 1.165) is 16.6 Å². The summed E-state index contributed by atoms with van der Waals surface area (Å²) in [6, 6.07) is 8.51. The van der Waals surface area contributed by atoms with Crippen LogP contribution in [0.3, 0.4) is 0 Å². The van der Waals surface area contributed by atoms with Gasteiger partial charge in [-0.05, 0) is 37.8 Å². The highest BCUT2D eigenvalue weighted by Crippen LogP contribution is 2.30. The van der Waals surface area contributed by atoms with Gasteiger partial charge in [0.1, 0.15) is 0 Å². The average molecular weight is 224 g/mol. The second-order valence-electron chi connectivity index (χ2n) is 4.46. The Bertz CT molecular complexity index is 318. The first-order valence-electron chi connectivity index (χ1n) is 5.78. The van der Waals surface area contributed by atoms with E-state index in [1.165, 1.54) is 25.7 Å². The van der Waals surface area contributed by atoms with E-state index < -0.39 is 0 Å². The van der Waals surface area contributed by atoms with Gasteiger partial charge in [-0.1, -0.05) is 36.6 Å². The van der Waals surface area contributed by atoms with Crippen LogP contribution in [0.1, 0.15) is 32.6 Å². The van der Waals surface area contributed by atoms with E-state index in [1.807, 2.05) is 24.3 Å². The lowest BCUT2D eigenvalue weighted by atomic mass is 9.99. The third-order valence-corrected chi connectivity index (χ3v) is 3.69.